The summed E-state index contributed by atoms with van der Waals surface area (Å²) in [6.45, 7) is 0. The van der Waals surface area contributed by atoms with Crippen molar-refractivity contribution in [3.8, 4) is 0 Å². The van der Waals surface area contributed by atoms with Crippen molar-refractivity contribution in [2.75, 3.05) is 0 Å². The van der Waals surface area contributed by atoms with Crippen LogP contribution in [0.1, 0.15) is 42.7 Å². The van der Waals surface area contributed by atoms with Crippen molar-refractivity contribution >= 4 is 32.8 Å². The van der Waals surface area contributed by atoms with E-state index in [0.29, 0.717) is 11.8 Å². The maximum Gasteiger partial charge on any atom is 0.287 e. The molecule has 1 amide bonds. The minimum Gasteiger partial charge on any atom is -0.451 e. The summed E-state index contributed by atoms with van der Waals surface area (Å²) in [7, 11) is 0. The summed E-state index contributed by atoms with van der Waals surface area (Å²) in [6, 6.07) is 7.83. The highest BCUT2D eigenvalue weighted by atomic mass is 79.9. The van der Waals surface area contributed by atoms with Crippen molar-refractivity contribution in [3.63, 3.8) is 0 Å². The second kappa shape index (κ2) is 5.37. The Kier molecular flexibility index (Phi) is 3.60. The lowest BCUT2D eigenvalue weighted by atomic mass is 9.95. The summed E-state index contributed by atoms with van der Waals surface area (Å²) in [5, 5.41) is 4.01. The number of halogens is 1. The van der Waals surface area contributed by atoms with E-state index in [1.54, 1.807) is 6.07 Å². The first-order chi connectivity index (χ1) is 9.24. The van der Waals surface area contributed by atoms with Gasteiger partial charge in [-0.25, -0.2) is 0 Å². The van der Waals surface area contributed by atoms with Gasteiger partial charge in [-0.05, 0) is 31.0 Å². The van der Waals surface area contributed by atoms with E-state index < -0.39 is 0 Å². The number of hydrogen-bond acceptors (Lipinski definition) is 2. The predicted molar refractivity (Wildman–Crippen MR) is 78.3 cm³/mol. The van der Waals surface area contributed by atoms with Crippen molar-refractivity contribution in [1.82, 2.24) is 5.32 Å². The molecule has 1 N–H and O–H groups in total. The van der Waals surface area contributed by atoms with E-state index in [-0.39, 0.29) is 5.91 Å². The number of hydrogen-bond donors (Lipinski definition) is 1. The molecule has 1 aromatic heterocycles. The topological polar surface area (TPSA) is 42.2 Å². The third-order valence-corrected chi connectivity index (χ3v) is 4.36. The van der Waals surface area contributed by atoms with Gasteiger partial charge in [0.2, 0.25) is 0 Å². The first-order valence-electron chi connectivity index (χ1n) is 6.73. The number of amides is 1. The number of rotatable bonds is 2. The van der Waals surface area contributed by atoms with Crippen LogP contribution in [0.2, 0.25) is 0 Å². The van der Waals surface area contributed by atoms with Crippen LogP contribution >= 0.6 is 15.9 Å². The number of furan rings is 1. The number of carbonyl (C=O) groups is 1. The van der Waals surface area contributed by atoms with Crippen LogP contribution in [0.15, 0.2) is 33.2 Å². The fraction of sp³-hybridized carbons (Fsp3) is 0.400. The second-order valence-electron chi connectivity index (χ2n) is 5.07. The van der Waals surface area contributed by atoms with E-state index in [1.807, 2.05) is 18.2 Å². The first kappa shape index (κ1) is 12.7. The van der Waals surface area contributed by atoms with E-state index in [4.69, 9.17) is 4.42 Å². The van der Waals surface area contributed by atoms with Gasteiger partial charge in [-0.2, -0.15) is 0 Å². The first-order valence-corrected chi connectivity index (χ1v) is 7.52. The standard InChI is InChI=1S/C15H16BrNO2/c16-12-7-4-8-13-11(12)9-14(19-13)15(18)17-10-5-2-1-3-6-10/h4,7-10H,1-3,5-6H2,(H,17,18). The quantitative estimate of drug-likeness (QED) is 0.898. The molecular weight excluding hydrogens is 306 g/mol. The Morgan fingerprint density at radius 1 is 1.26 bits per heavy atom. The fourth-order valence-corrected chi connectivity index (χ4v) is 3.10. The zero-order valence-electron chi connectivity index (χ0n) is 10.6. The van der Waals surface area contributed by atoms with Crippen molar-refractivity contribution in [1.29, 1.82) is 0 Å². The molecule has 100 valence electrons. The Morgan fingerprint density at radius 3 is 2.79 bits per heavy atom. The van der Waals surface area contributed by atoms with Gasteiger partial charge in [-0.3, -0.25) is 4.79 Å². The molecule has 0 bridgehead atoms. The van der Waals surface area contributed by atoms with Crippen LogP contribution < -0.4 is 5.32 Å². The average molecular weight is 322 g/mol. The van der Waals surface area contributed by atoms with Gasteiger partial charge in [0.25, 0.3) is 5.91 Å². The van der Waals surface area contributed by atoms with Crippen LogP contribution in [0.25, 0.3) is 11.0 Å². The summed E-state index contributed by atoms with van der Waals surface area (Å²) in [4.78, 5) is 12.2. The molecular formula is C15H16BrNO2. The van der Waals surface area contributed by atoms with Crippen LogP contribution in [-0.2, 0) is 0 Å². The van der Waals surface area contributed by atoms with Crippen LogP contribution in [-0.4, -0.2) is 11.9 Å². The molecule has 0 atom stereocenters. The van der Waals surface area contributed by atoms with E-state index in [0.717, 1.165) is 28.3 Å². The normalized spacial score (nSPS) is 16.7. The van der Waals surface area contributed by atoms with Crippen molar-refractivity contribution in [2.45, 2.75) is 38.1 Å². The molecule has 4 heteroatoms. The minimum atomic E-state index is -0.102. The van der Waals surface area contributed by atoms with Crippen LogP contribution in [0.4, 0.5) is 0 Å². The largest absolute Gasteiger partial charge is 0.451 e. The summed E-state index contributed by atoms with van der Waals surface area (Å²) in [5.41, 5.74) is 0.739. The van der Waals surface area contributed by atoms with E-state index in [9.17, 15) is 4.79 Å². The molecule has 0 aliphatic heterocycles. The average Bonchev–Trinajstić information content (AvgIpc) is 2.85. The molecule has 1 aliphatic carbocycles. The predicted octanol–water partition coefficient (Wildman–Crippen LogP) is 4.26. The van der Waals surface area contributed by atoms with Crippen molar-refractivity contribution < 1.29 is 9.21 Å². The van der Waals surface area contributed by atoms with Crippen LogP contribution in [0, 0.1) is 0 Å². The lowest BCUT2D eigenvalue weighted by molar-refractivity contribution is 0.0902. The molecule has 19 heavy (non-hydrogen) atoms. The lowest BCUT2D eigenvalue weighted by Crippen LogP contribution is -2.35. The highest BCUT2D eigenvalue weighted by Crippen LogP contribution is 2.27. The molecule has 3 nitrogen and oxygen atoms in total. The van der Waals surface area contributed by atoms with Crippen molar-refractivity contribution in [2.24, 2.45) is 0 Å². The Hall–Kier alpha value is -1.29. The molecule has 3 rings (SSSR count). The monoisotopic (exact) mass is 321 g/mol. The summed E-state index contributed by atoms with van der Waals surface area (Å²) < 4.78 is 6.56. The van der Waals surface area contributed by atoms with E-state index in [2.05, 4.69) is 21.2 Å². The molecule has 1 heterocycles. The number of nitrogens with one attached hydrogen (secondary N) is 1. The summed E-state index contributed by atoms with van der Waals surface area (Å²) in [6.07, 6.45) is 5.85. The third-order valence-electron chi connectivity index (χ3n) is 3.67. The summed E-state index contributed by atoms with van der Waals surface area (Å²) in [5.74, 6) is 0.294. The van der Waals surface area contributed by atoms with Crippen molar-refractivity contribution in [3.05, 3.63) is 34.5 Å². The van der Waals surface area contributed by atoms with Crippen LogP contribution in [0.5, 0.6) is 0 Å². The number of carbonyl (C=O) groups excluding carboxylic acids is 1. The molecule has 0 unspecified atom stereocenters. The smallest absolute Gasteiger partial charge is 0.287 e. The van der Waals surface area contributed by atoms with Gasteiger partial charge in [0, 0.05) is 15.9 Å². The van der Waals surface area contributed by atoms with Gasteiger partial charge >= 0.3 is 0 Å². The molecule has 1 fully saturated rings. The van der Waals surface area contributed by atoms with Gasteiger partial charge in [-0.15, -0.1) is 0 Å². The molecule has 0 radical (unpaired) electrons. The fourth-order valence-electron chi connectivity index (χ4n) is 2.64. The zero-order valence-corrected chi connectivity index (χ0v) is 12.2. The maximum atomic E-state index is 12.2. The molecule has 1 saturated carbocycles. The summed E-state index contributed by atoms with van der Waals surface area (Å²) >= 11 is 3.47. The number of fused-ring (bicyclic) bond motifs is 1. The van der Waals surface area contributed by atoms with Crippen LogP contribution in [0.3, 0.4) is 0 Å². The molecule has 1 aliphatic rings. The van der Waals surface area contributed by atoms with Gasteiger partial charge in [0.05, 0.1) is 0 Å². The van der Waals surface area contributed by atoms with Gasteiger partial charge in [0.15, 0.2) is 5.76 Å². The minimum absolute atomic E-state index is 0.102. The second-order valence-corrected chi connectivity index (χ2v) is 5.93. The molecule has 1 aromatic carbocycles. The molecule has 2 aromatic rings. The number of benzene rings is 1. The molecule has 0 spiro atoms. The Balaban J connectivity index is 1.79. The van der Waals surface area contributed by atoms with Gasteiger partial charge < -0.3 is 9.73 Å². The highest BCUT2D eigenvalue weighted by molar-refractivity contribution is 9.10. The van der Waals surface area contributed by atoms with Gasteiger partial charge in [0.1, 0.15) is 5.58 Å². The van der Waals surface area contributed by atoms with E-state index in [1.165, 1.54) is 19.3 Å². The third kappa shape index (κ3) is 2.68. The Labute approximate surface area is 120 Å². The Morgan fingerprint density at radius 2 is 2.05 bits per heavy atom. The zero-order chi connectivity index (χ0) is 13.2. The highest BCUT2D eigenvalue weighted by Gasteiger charge is 2.19. The molecule has 0 saturated heterocycles. The van der Waals surface area contributed by atoms with E-state index >= 15 is 0 Å². The maximum absolute atomic E-state index is 12.2. The lowest BCUT2D eigenvalue weighted by Gasteiger charge is -2.22. The van der Waals surface area contributed by atoms with Gasteiger partial charge in [-0.1, -0.05) is 41.3 Å². The SMILES string of the molecule is O=C(NC1CCCCC1)c1cc2c(Br)cccc2o1. The Bertz CT molecular complexity index is 599.